The molecule has 5 nitrogen and oxygen atoms in total. The van der Waals surface area contributed by atoms with Gasteiger partial charge in [-0.2, -0.15) is 9.89 Å². The smallest absolute Gasteiger partial charge is 0.117 e. The second-order valence-corrected chi connectivity index (χ2v) is 3.45. The number of benzene rings is 1. The average Bonchev–Trinajstić information content (AvgIpc) is 2.38. The molecule has 2 aromatic rings. The molecule has 0 fully saturated rings. The monoisotopic (exact) mass is 191 g/mol. The van der Waals surface area contributed by atoms with Gasteiger partial charge in [-0.25, -0.2) is 0 Å². The third-order valence-electron chi connectivity index (χ3n) is 2.43. The summed E-state index contributed by atoms with van der Waals surface area (Å²) in [6, 6.07) is 1.81. The highest BCUT2D eigenvalue weighted by molar-refractivity contribution is 6.01. The molecule has 1 heterocycles. The summed E-state index contributed by atoms with van der Waals surface area (Å²) in [5, 5.41) is 4.94. The van der Waals surface area contributed by atoms with Crippen LogP contribution in [0, 0.1) is 13.8 Å². The van der Waals surface area contributed by atoms with Crippen LogP contribution in [0.5, 0.6) is 0 Å². The fourth-order valence-electron chi connectivity index (χ4n) is 1.72. The minimum atomic E-state index is 0.606. The quantitative estimate of drug-likeness (QED) is 0.418. The van der Waals surface area contributed by atoms with Crippen LogP contribution in [-0.2, 0) is 0 Å². The first-order chi connectivity index (χ1) is 6.52. The molecular formula is C9H13N5. The molecule has 0 unspecified atom stereocenters. The van der Waals surface area contributed by atoms with Crippen molar-refractivity contribution in [2.75, 3.05) is 17.3 Å². The van der Waals surface area contributed by atoms with Crippen LogP contribution < -0.4 is 17.3 Å². The fraction of sp³-hybridized carbons (Fsp3) is 0.222. The lowest BCUT2D eigenvalue weighted by Crippen LogP contribution is -2.11. The van der Waals surface area contributed by atoms with Gasteiger partial charge < -0.3 is 17.3 Å². The summed E-state index contributed by atoms with van der Waals surface area (Å²) in [6.45, 7) is 3.78. The Morgan fingerprint density at radius 1 is 1.29 bits per heavy atom. The maximum Gasteiger partial charge on any atom is 0.117 e. The van der Waals surface area contributed by atoms with Crippen LogP contribution in [0.15, 0.2) is 6.07 Å². The van der Waals surface area contributed by atoms with Gasteiger partial charge in [-0.3, -0.25) is 0 Å². The van der Waals surface area contributed by atoms with Gasteiger partial charge in [-0.15, -0.1) is 0 Å². The second kappa shape index (κ2) is 2.54. The van der Waals surface area contributed by atoms with Crippen molar-refractivity contribution in [3.63, 3.8) is 0 Å². The number of aromatic nitrogens is 2. The van der Waals surface area contributed by atoms with E-state index in [-0.39, 0.29) is 0 Å². The number of anilines is 2. The topological polar surface area (TPSA) is 95.9 Å². The van der Waals surface area contributed by atoms with E-state index in [2.05, 4.69) is 5.10 Å². The van der Waals surface area contributed by atoms with Crippen molar-refractivity contribution in [3.05, 3.63) is 17.3 Å². The van der Waals surface area contributed by atoms with Crippen LogP contribution >= 0.6 is 0 Å². The first kappa shape index (κ1) is 8.68. The zero-order chi connectivity index (χ0) is 10.5. The number of aryl methyl sites for hydroxylation is 2. The van der Waals surface area contributed by atoms with E-state index in [4.69, 9.17) is 17.3 Å². The van der Waals surface area contributed by atoms with Gasteiger partial charge in [0.25, 0.3) is 0 Å². The first-order valence-electron chi connectivity index (χ1n) is 4.31. The predicted octanol–water partition coefficient (Wildman–Crippen LogP) is 0.531. The largest absolute Gasteiger partial charge is 0.398 e. The minimum absolute atomic E-state index is 0.606. The molecule has 74 valence electrons. The zero-order valence-electron chi connectivity index (χ0n) is 8.20. The van der Waals surface area contributed by atoms with Crippen molar-refractivity contribution in [2.45, 2.75) is 13.8 Å². The molecule has 5 heteroatoms. The van der Waals surface area contributed by atoms with Gasteiger partial charge in [0.1, 0.15) is 5.52 Å². The average molecular weight is 191 g/mol. The highest BCUT2D eigenvalue weighted by atomic mass is 15.5. The summed E-state index contributed by atoms with van der Waals surface area (Å²) in [4.78, 5) is 1.27. The number of nitrogens with two attached hydrogens (primary N) is 3. The summed E-state index contributed by atoms with van der Waals surface area (Å²) in [6.07, 6.45) is 0. The van der Waals surface area contributed by atoms with Crippen molar-refractivity contribution in [2.24, 2.45) is 0 Å². The van der Waals surface area contributed by atoms with Crippen LogP contribution in [0.4, 0.5) is 11.4 Å². The summed E-state index contributed by atoms with van der Waals surface area (Å²) in [5.41, 5.74) is 15.5. The van der Waals surface area contributed by atoms with Crippen LogP contribution in [0.3, 0.4) is 0 Å². The Hall–Kier alpha value is -1.91. The molecule has 0 aliphatic rings. The molecular weight excluding hydrogens is 178 g/mol. The van der Waals surface area contributed by atoms with Gasteiger partial charge in [-0.05, 0) is 25.5 Å². The van der Waals surface area contributed by atoms with E-state index < -0.39 is 0 Å². The van der Waals surface area contributed by atoms with Crippen molar-refractivity contribution >= 4 is 22.3 Å². The molecule has 0 saturated heterocycles. The fourth-order valence-corrected chi connectivity index (χ4v) is 1.72. The lowest BCUT2D eigenvalue weighted by Gasteiger charge is -2.05. The number of nitrogens with zero attached hydrogens (tertiary/aromatic N) is 2. The molecule has 0 spiro atoms. The molecule has 2 rings (SSSR count). The predicted molar refractivity (Wildman–Crippen MR) is 58.2 cm³/mol. The highest BCUT2D eigenvalue weighted by Gasteiger charge is 2.13. The molecule has 14 heavy (non-hydrogen) atoms. The van der Waals surface area contributed by atoms with Crippen LogP contribution in [0.2, 0.25) is 0 Å². The van der Waals surface area contributed by atoms with E-state index in [1.807, 2.05) is 19.9 Å². The summed E-state index contributed by atoms with van der Waals surface area (Å²) in [5.74, 6) is 5.67. The Balaban J connectivity index is 3.05. The molecule has 0 aliphatic heterocycles. The van der Waals surface area contributed by atoms with Gasteiger partial charge in [-0.1, -0.05) is 0 Å². The molecule has 0 bridgehead atoms. The standard InChI is InChI=1S/C9H13N5/c1-4-3-6(10)9-7(8(4)11)5(2)13-14(9)12/h3H,10-12H2,1-2H3. The van der Waals surface area contributed by atoms with Crippen LogP contribution in [0.25, 0.3) is 10.9 Å². The van der Waals surface area contributed by atoms with Gasteiger partial charge in [0.15, 0.2) is 0 Å². The maximum atomic E-state index is 5.94. The van der Waals surface area contributed by atoms with E-state index in [9.17, 15) is 0 Å². The maximum absolute atomic E-state index is 5.94. The molecule has 0 aliphatic carbocycles. The van der Waals surface area contributed by atoms with Gasteiger partial charge in [0.05, 0.1) is 16.8 Å². The molecule has 0 amide bonds. The third kappa shape index (κ3) is 0.921. The lowest BCUT2D eigenvalue weighted by atomic mass is 10.1. The highest BCUT2D eigenvalue weighted by Crippen LogP contribution is 2.30. The molecule has 0 atom stereocenters. The normalized spacial score (nSPS) is 11.0. The van der Waals surface area contributed by atoms with E-state index in [0.29, 0.717) is 16.9 Å². The molecule has 1 aromatic carbocycles. The van der Waals surface area contributed by atoms with Crippen LogP contribution in [0.1, 0.15) is 11.3 Å². The van der Waals surface area contributed by atoms with Gasteiger partial charge >= 0.3 is 0 Å². The SMILES string of the molecule is Cc1cc(N)c2c(c(C)nn2N)c1N. The lowest BCUT2D eigenvalue weighted by molar-refractivity contribution is 0.845. The van der Waals surface area contributed by atoms with Crippen molar-refractivity contribution in [3.8, 4) is 0 Å². The van der Waals surface area contributed by atoms with Crippen LogP contribution in [-0.4, -0.2) is 9.89 Å². The number of nitrogen functional groups attached to an aromatic ring is 3. The Morgan fingerprint density at radius 3 is 2.57 bits per heavy atom. The van der Waals surface area contributed by atoms with E-state index in [0.717, 1.165) is 16.6 Å². The Bertz CT molecular complexity index is 512. The van der Waals surface area contributed by atoms with Gasteiger partial charge in [0.2, 0.25) is 0 Å². The van der Waals surface area contributed by atoms with Crippen molar-refractivity contribution in [1.82, 2.24) is 9.89 Å². The number of hydrogen-bond acceptors (Lipinski definition) is 4. The van der Waals surface area contributed by atoms with Crippen molar-refractivity contribution < 1.29 is 0 Å². The van der Waals surface area contributed by atoms with E-state index >= 15 is 0 Å². The number of rotatable bonds is 0. The second-order valence-electron chi connectivity index (χ2n) is 3.45. The molecule has 1 aromatic heterocycles. The minimum Gasteiger partial charge on any atom is -0.398 e. The number of hydrogen-bond donors (Lipinski definition) is 3. The Kier molecular flexibility index (Phi) is 1.57. The van der Waals surface area contributed by atoms with E-state index in [1.54, 1.807) is 0 Å². The summed E-state index contributed by atoms with van der Waals surface area (Å²) >= 11 is 0. The first-order valence-corrected chi connectivity index (χ1v) is 4.31. The zero-order valence-corrected chi connectivity index (χ0v) is 8.20. The summed E-state index contributed by atoms with van der Waals surface area (Å²) in [7, 11) is 0. The third-order valence-corrected chi connectivity index (χ3v) is 2.43. The van der Waals surface area contributed by atoms with E-state index in [1.165, 1.54) is 4.79 Å². The molecule has 0 radical (unpaired) electrons. The van der Waals surface area contributed by atoms with Gasteiger partial charge in [0, 0.05) is 5.69 Å². The van der Waals surface area contributed by atoms with Crippen molar-refractivity contribution in [1.29, 1.82) is 0 Å². The molecule has 6 N–H and O–H groups in total. The number of fused-ring (bicyclic) bond motifs is 1. The Labute approximate surface area is 81.4 Å². The summed E-state index contributed by atoms with van der Waals surface area (Å²) < 4.78 is 0. The molecule has 0 saturated carbocycles. The Morgan fingerprint density at radius 2 is 1.93 bits per heavy atom.